The summed E-state index contributed by atoms with van der Waals surface area (Å²) < 4.78 is 38.8. The SMILES string of the molecule is Nc1ccccc1CC(=O)Nc1ccc(Cl)cc1C(F)(F)F. The van der Waals surface area contributed by atoms with Gasteiger partial charge in [-0.15, -0.1) is 0 Å². The third kappa shape index (κ3) is 3.92. The Morgan fingerprint density at radius 3 is 2.50 bits per heavy atom. The van der Waals surface area contributed by atoms with E-state index in [1.807, 2.05) is 0 Å². The van der Waals surface area contributed by atoms with Gasteiger partial charge in [-0.3, -0.25) is 4.79 Å². The minimum Gasteiger partial charge on any atom is -0.398 e. The van der Waals surface area contributed by atoms with Crippen LogP contribution < -0.4 is 11.1 Å². The first-order valence-electron chi connectivity index (χ1n) is 6.27. The highest BCUT2D eigenvalue weighted by Crippen LogP contribution is 2.36. The Kier molecular flexibility index (Phi) is 4.61. The van der Waals surface area contributed by atoms with Gasteiger partial charge in [0.2, 0.25) is 5.91 Å². The van der Waals surface area contributed by atoms with Crippen LogP contribution in [0.4, 0.5) is 24.5 Å². The van der Waals surface area contributed by atoms with E-state index in [9.17, 15) is 18.0 Å². The first kappa shape index (κ1) is 16.2. The van der Waals surface area contributed by atoms with Gasteiger partial charge in [-0.1, -0.05) is 29.8 Å². The molecule has 0 heterocycles. The number of para-hydroxylation sites is 1. The Morgan fingerprint density at radius 1 is 1.18 bits per heavy atom. The monoisotopic (exact) mass is 328 g/mol. The van der Waals surface area contributed by atoms with E-state index in [0.717, 1.165) is 12.1 Å². The second-order valence-electron chi connectivity index (χ2n) is 4.61. The second-order valence-corrected chi connectivity index (χ2v) is 5.05. The number of hydrogen-bond acceptors (Lipinski definition) is 2. The Labute approximate surface area is 129 Å². The largest absolute Gasteiger partial charge is 0.418 e. The maximum Gasteiger partial charge on any atom is 0.418 e. The molecule has 2 rings (SSSR count). The number of carbonyl (C=O) groups is 1. The highest BCUT2D eigenvalue weighted by Gasteiger charge is 2.34. The number of halogens is 4. The van der Waals surface area contributed by atoms with E-state index in [4.69, 9.17) is 17.3 Å². The number of hydrogen-bond donors (Lipinski definition) is 2. The second kappa shape index (κ2) is 6.27. The van der Waals surface area contributed by atoms with Gasteiger partial charge in [0.05, 0.1) is 17.7 Å². The van der Waals surface area contributed by atoms with Crippen molar-refractivity contribution >= 4 is 28.9 Å². The molecule has 116 valence electrons. The molecule has 3 N–H and O–H groups in total. The summed E-state index contributed by atoms with van der Waals surface area (Å²) in [5.74, 6) is -0.592. The van der Waals surface area contributed by atoms with Gasteiger partial charge in [0.25, 0.3) is 0 Å². The molecule has 0 aliphatic rings. The Morgan fingerprint density at radius 2 is 1.86 bits per heavy atom. The number of rotatable bonds is 3. The van der Waals surface area contributed by atoms with Crippen molar-refractivity contribution < 1.29 is 18.0 Å². The number of amides is 1. The third-order valence-electron chi connectivity index (χ3n) is 2.97. The van der Waals surface area contributed by atoms with E-state index in [-0.39, 0.29) is 17.1 Å². The van der Waals surface area contributed by atoms with Gasteiger partial charge in [-0.2, -0.15) is 13.2 Å². The van der Waals surface area contributed by atoms with Crippen molar-refractivity contribution in [1.82, 2.24) is 0 Å². The summed E-state index contributed by atoms with van der Waals surface area (Å²) in [4.78, 5) is 11.9. The number of anilines is 2. The molecule has 2 aromatic rings. The Bertz CT molecular complexity index is 701. The zero-order valence-corrected chi connectivity index (χ0v) is 12.0. The topological polar surface area (TPSA) is 55.1 Å². The summed E-state index contributed by atoms with van der Waals surface area (Å²) in [6.07, 6.45) is -4.73. The van der Waals surface area contributed by atoms with Crippen molar-refractivity contribution in [2.75, 3.05) is 11.1 Å². The zero-order valence-electron chi connectivity index (χ0n) is 11.2. The number of nitrogens with one attached hydrogen (secondary N) is 1. The maximum atomic E-state index is 12.9. The van der Waals surface area contributed by atoms with Crippen LogP contribution in [0.2, 0.25) is 5.02 Å². The standard InChI is InChI=1S/C15H12ClF3N2O/c16-10-5-6-13(11(8-10)15(17,18)19)21-14(22)7-9-3-1-2-4-12(9)20/h1-6,8H,7,20H2,(H,21,22). The van der Waals surface area contributed by atoms with E-state index in [1.165, 1.54) is 6.07 Å². The van der Waals surface area contributed by atoms with E-state index in [0.29, 0.717) is 11.3 Å². The average Bonchev–Trinajstić information content (AvgIpc) is 2.42. The fraction of sp³-hybridized carbons (Fsp3) is 0.133. The predicted molar refractivity (Wildman–Crippen MR) is 79.6 cm³/mol. The molecule has 0 radical (unpaired) electrons. The number of carbonyl (C=O) groups excluding carboxylic acids is 1. The summed E-state index contributed by atoms with van der Waals surface area (Å²) in [6.45, 7) is 0. The van der Waals surface area contributed by atoms with E-state index in [1.54, 1.807) is 24.3 Å². The van der Waals surface area contributed by atoms with Crippen molar-refractivity contribution in [3.8, 4) is 0 Å². The summed E-state index contributed by atoms with van der Waals surface area (Å²) in [5.41, 5.74) is 5.33. The number of benzene rings is 2. The van der Waals surface area contributed by atoms with Crippen molar-refractivity contribution in [3.63, 3.8) is 0 Å². The van der Waals surface area contributed by atoms with Gasteiger partial charge in [0.15, 0.2) is 0 Å². The molecule has 0 saturated heterocycles. The van der Waals surface area contributed by atoms with Gasteiger partial charge in [0.1, 0.15) is 0 Å². The zero-order chi connectivity index (χ0) is 16.3. The lowest BCUT2D eigenvalue weighted by Gasteiger charge is -2.14. The summed E-state index contributed by atoms with van der Waals surface area (Å²) in [5, 5.41) is 2.19. The molecule has 0 atom stereocenters. The summed E-state index contributed by atoms with van der Waals surface area (Å²) >= 11 is 5.58. The van der Waals surface area contributed by atoms with Crippen LogP contribution in [0.5, 0.6) is 0 Å². The van der Waals surface area contributed by atoms with Crippen LogP contribution in [0.1, 0.15) is 11.1 Å². The van der Waals surface area contributed by atoms with Crippen molar-refractivity contribution in [2.24, 2.45) is 0 Å². The molecule has 0 aromatic heterocycles. The van der Waals surface area contributed by atoms with Crippen molar-refractivity contribution in [3.05, 3.63) is 58.6 Å². The maximum absolute atomic E-state index is 12.9. The van der Waals surface area contributed by atoms with Crippen LogP contribution >= 0.6 is 11.6 Å². The molecule has 3 nitrogen and oxygen atoms in total. The van der Waals surface area contributed by atoms with Gasteiger partial charge >= 0.3 is 6.18 Å². The van der Waals surface area contributed by atoms with Crippen LogP contribution in [-0.4, -0.2) is 5.91 Å². The molecule has 1 amide bonds. The molecule has 0 saturated carbocycles. The molecular weight excluding hydrogens is 317 g/mol. The predicted octanol–water partition coefficient (Wildman–Crippen LogP) is 4.12. The van der Waals surface area contributed by atoms with E-state index < -0.39 is 17.6 Å². The lowest BCUT2D eigenvalue weighted by Crippen LogP contribution is -2.18. The number of nitrogens with two attached hydrogens (primary N) is 1. The highest BCUT2D eigenvalue weighted by molar-refractivity contribution is 6.30. The minimum atomic E-state index is -4.61. The molecule has 7 heteroatoms. The number of nitrogen functional groups attached to an aromatic ring is 1. The van der Waals surface area contributed by atoms with Gasteiger partial charge in [0, 0.05) is 10.7 Å². The fourth-order valence-electron chi connectivity index (χ4n) is 1.92. The van der Waals surface area contributed by atoms with Crippen LogP contribution in [-0.2, 0) is 17.4 Å². The molecule has 0 bridgehead atoms. The van der Waals surface area contributed by atoms with Crippen molar-refractivity contribution in [2.45, 2.75) is 12.6 Å². The quantitative estimate of drug-likeness (QED) is 0.833. The minimum absolute atomic E-state index is 0.0578. The Hall–Kier alpha value is -2.21. The molecule has 0 aliphatic carbocycles. The first-order chi connectivity index (χ1) is 10.3. The van der Waals surface area contributed by atoms with Gasteiger partial charge in [-0.05, 0) is 29.8 Å². The molecule has 22 heavy (non-hydrogen) atoms. The first-order valence-corrected chi connectivity index (χ1v) is 6.65. The third-order valence-corrected chi connectivity index (χ3v) is 3.20. The fourth-order valence-corrected chi connectivity index (χ4v) is 2.09. The summed E-state index contributed by atoms with van der Waals surface area (Å²) in [7, 11) is 0. The smallest absolute Gasteiger partial charge is 0.398 e. The van der Waals surface area contributed by atoms with Gasteiger partial charge in [-0.25, -0.2) is 0 Å². The molecule has 0 unspecified atom stereocenters. The highest BCUT2D eigenvalue weighted by atomic mass is 35.5. The number of alkyl halides is 3. The lowest BCUT2D eigenvalue weighted by atomic mass is 10.1. The molecule has 0 aliphatic heterocycles. The van der Waals surface area contributed by atoms with E-state index >= 15 is 0 Å². The van der Waals surface area contributed by atoms with Crippen LogP contribution in [0, 0.1) is 0 Å². The molecule has 0 spiro atoms. The average molecular weight is 329 g/mol. The van der Waals surface area contributed by atoms with Crippen molar-refractivity contribution in [1.29, 1.82) is 0 Å². The van der Waals surface area contributed by atoms with E-state index in [2.05, 4.69) is 5.32 Å². The van der Waals surface area contributed by atoms with Gasteiger partial charge < -0.3 is 11.1 Å². The molecular formula is C15H12ClF3N2O. The summed E-state index contributed by atoms with van der Waals surface area (Å²) in [6, 6.07) is 9.84. The molecule has 2 aromatic carbocycles. The Balaban J connectivity index is 2.21. The molecule has 0 fully saturated rings. The lowest BCUT2D eigenvalue weighted by molar-refractivity contribution is -0.137. The van der Waals surface area contributed by atoms with Crippen LogP contribution in [0.3, 0.4) is 0 Å². The van der Waals surface area contributed by atoms with Crippen LogP contribution in [0.15, 0.2) is 42.5 Å². The van der Waals surface area contributed by atoms with Crippen LogP contribution in [0.25, 0.3) is 0 Å². The normalized spacial score (nSPS) is 11.3.